The summed E-state index contributed by atoms with van der Waals surface area (Å²) in [5.74, 6) is 1.89. The van der Waals surface area contributed by atoms with Crippen molar-refractivity contribution in [1.29, 1.82) is 0 Å². The smallest absolute Gasteiger partial charge is 0.224 e. The Kier molecular flexibility index (Phi) is 5.65. The lowest BCUT2D eigenvalue weighted by Gasteiger charge is -2.39. The van der Waals surface area contributed by atoms with E-state index in [0.717, 1.165) is 38.6 Å². The van der Waals surface area contributed by atoms with Gasteiger partial charge in [0, 0.05) is 6.54 Å². The highest BCUT2D eigenvalue weighted by Gasteiger charge is 2.34. The molecular formula is C15H25ClN4O. The first-order valence-corrected chi connectivity index (χ1v) is 8.12. The van der Waals surface area contributed by atoms with Crippen LogP contribution in [-0.4, -0.2) is 33.8 Å². The highest BCUT2D eigenvalue weighted by Crippen LogP contribution is 2.35. The number of rotatable bonds is 6. The minimum Gasteiger partial charge on any atom is -0.394 e. The van der Waals surface area contributed by atoms with Crippen LogP contribution in [0.3, 0.4) is 0 Å². The summed E-state index contributed by atoms with van der Waals surface area (Å²) in [6.07, 6.45) is 6.69. The molecule has 0 aromatic carbocycles. The number of aliphatic hydroxyl groups is 1. The molecule has 0 spiro atoms. The maximum Gasteiger partial charge on any atom is 0.224 e. The first kappa shape index (κ1) is 16.3. The molecule has 0 saturated heterocycles. The van der Waals surface area contributed by atoms with E-state index in [2.05, 4.69) is 34.4 Å². The molecule has 5 nitrogen and oxygen atoms in total. The van der Waals surface area contributed by atoms with Crippen LogP contribution in [0.2, 0.25) is 5.02 Å². The highest BCUT2D eigenvalue weighted by atomic mass is 35.5. The number of aliphatic hydroxyl groups excluding tert-OH is 1. The SMILES string of the molecule is CCCNc1ncc(Cl)c(NC2(CO)CCC(C)CC2)n1. The van der Waals surface area contributed by atoms with Gasteiger partial charge in [-0.2, -0.15) is 4.98 Å². The summed E-state index contributed by atoms with van der Waals surface area (Å²) in [5, 5.41) is 16.8. The van der Waals surface area contributed by atoms with Crippen LogP contribution in [-0.2, 0) is 0 Å². The van der Waals surface area contributed by atoms with Crippen molar-refractivity contribution in [2.24, 2.45) is 5.92 Å². The van der Waals surface area contributed by atoms with Crippen molar-refractivity contribution in [2.75, 3.05) is 23.8 Å². The molecule has 118 valence electrons. The minimum atomic E-state index is -0.313. The Balaban J connectivity index is 2.13. The first-order chi connectivity index (χ1) is 10.1. The van der Waals surface area contributed by atoms with Gasteiger partial charge in [0.05, 0.1) is 18.3 Å². The summed E-state index contributed by atoms with van der Waals surface area (Å²) in [6, 6.07) is 0. The van der Waals surface area contributed by atoms with Crippen LogP contribution in [0.25, 0.3) is 0 Å². The van der Waals surface area contributed by atoms with Crippen molar-refractivity contribution in [3.05, 3.63) is 11.2 Å². The number of anilines is 2. The molecule has 6 heteroatoms. The summed E-state index contributed by atoms with van der Waals surface area (Å²) in [5.41, 5.74) is -0.313. The molecule has 2 rings (SSSR count). The Bertz CT molecular complexity index is 461. The van der Waals surface area contributed by atoms with Gasteiger partial charge in [-0.3, -0.25) is 0 Å². The number of hydrogen-bond donors (Lipinski definition) is 3. The third-order valence-electron chi connectivity index (χ3n) is 4.19. The fraction of sp³-hybridized carbons (Fsp3) is 0.733. The van der Waals surface area contributed by atoms with Crippen LogP contribution in [0.4, 0.5) is 11.8 Å². The molecule has 0 atom stereocenters. The maximum absolute atomic E-state index is 9.83. The normalized spacial score (nSPS) is 25.6. The van der Waals surface area contributed by atoms with Gasteiger partial charge in [0.15, 0.2) is 5.82 Å². The zero-order valence-electron chi connectivity index (χ0n) is 12.8. The molecule has 0 unspecified atom stereocenters. The molecule has 0 radical (unpaired) electrons. The fourth-order valence-corrected chi connectivity index (χ4v) is 2.80. The van der Waals surface area contributed by atoms with Gasteiger partial charge in [0.1, 0.15) is 5.02 Å². The molecular weight excluding hydrogens is 288 g/mol. The molecule has 1 aromatic heterocycles. The summed E-state index contributed by atoms with van der Waals surface area (Å²) in [6.45, 7) is 5.26. The van der Waals surface area contributed by atoms with Crippen molar-refractivity contribution < 1.29 is 5.11 Å². The third kappa shape index (κ3) is 4.20. The maximum atomic E-state index is 9.83. The van der Waals surface area contributed by atoms with Crippen molar-refractivity contribution in [2.45, 2.75) is 51.5 Å². The lowest BCUT2D eigenvalue weighted by atomic mass is 9.77. The number of aromatic nitrogens is 2. The van der Waals surface area contributed by atoms with E-state index < -0.39 is 0 Å². The average molecular weight is 313 g/mol. The van der Waals surface area contributed by atoms with Gasteiger partial charge in [-0.1, -0.05) is 25.4 Å². The summed E-state index contributed by atoms with van der Waals surface area (Å²) >= 11 is 6.20. The number of halogens is 1. The molecule has 0 aliphatic heterocycles. The van der Waals surface area contributed by atoms with E-state index in [0.29, 0.717) is 22.7 Å². The van der Waals surface area contributed by atoms with E-state index in [9.17, 15) is 5.11 Å². The number of nitrogens with zero attached hydrogens (tertiary/aromatic N) is 2. The van der Waals surface area contributed by atoms with E-state index in [1.54, 1.807) is 6.20 Å². The Morgan fingerprint density at radius 1 is 1.43 bits per heavy atom. The van der Waals surface area contributed by atoms with Gasteiger partial charge in [-0.05, 0) is 38.0 Å². The molecule has 1 fully saturated rings. The van der Waals surface area contributed by atoms with Gasteiger partial charge < -0.3 is 15.7 Å². The van der Waals surface area contributed by atoms with Crippen molar-refractivity contribution in [3.63, 3.8) is 0 Å². The second kappa shape index (κ2) is 7.27. The number of hydrogen-bond acceptors (Lipinski definition) is 5. The monoisotopic (exact) mass is 312 g/mol. The number of nitrogens with one attached hydrogen (secondary N) is 2. The van der Waals surface area contributed by atoms with Crippen molar-refractivity contribution >= 4 is 23.4 Å². The molecule has 1 aliphatic rings. The van der Waals surface area contributed by atoms with Crippen molar-refractivity contribution in [3.8, 4) is 0 Å². The summed E-state index contributed by atoms with van der Waals surface area (Å²) in [4.78, 5) is 8.61. The van der Waals surface area contributed by atoms with Gasteiger partial charge in [-0.15, -0.1) is 0 Å². The minimum absolute atomic E-state index is 0.0950. The van der Waals surface area contributed by atoms with Gasteiger partial charge in [0.2, 0.25) is 5.95 Å². The third-order valence-corrected chi connectivity index (χ3v) is 4.47. The Labute approximate surface area is 131 Å². The molecule has 1 aromatic rings. The van der Waals surface area contributed by atoms with Crippen LogP contribution in [0.15, 0.2) is 6.20 Å². The lowest BCUT2D eigenvalue weighted by molar-refractivity contribution is 0.155. The quantitative estimate of drug-likeness (QED) is 0.752. The Morgan fingerprint density at radius 2 is 2.14 bits per heavy atom. The fourth-order valence-electron chi connectivity index (χ4n) is 2.67. The first-order valence-electron chi connectivity index (χ1n) is 7.74. The molecule has 1 aliphatic carbocycles. The van der Waals surface area contributed by atoms with Crippen LogP contribution in [0.1, 0.15) is 46.0 Å². The molecule has 1 saturated carbocycles. The van der Waals surface area contributed by atoms with Crippen LogP contribution in [0.5, 0.6) is 0 Å². The van der Waals surface area contributed by atoms with Crippen molar-refractivity contribution in [1.82, 2.24) is 9.97 Å². The molecule has 0 bridgehead atoms. The molecule has 3 N–H and O–H groups in total. The van der Waals surface area contributed by atoms with Crippen LogP contribution < -0.4 is 10.6 Å². The van der Waals surface area contributed by atoms with Gasteiger partial charge in [0.25, 0.3) is 0 Å². The highest BCUT2D eigenvalue weighted by molar-refractivity contribution is 6.32. The average Bonchev–Trinajstić information content (AvgIpc) is 2.50. The topological polar surface area (TPSA) is 70.1 Å². The summed E-state index contributed by atoms with van der Waals surface area (Å²) < 4.78 is 0. The second-order valence-corrected chi connectivity index (χ2v) is 6.47. The van der Waals surface area contributed by atoms with E-state index >= 15 is 0 Å². The standard InChI is InChI=1S/C15H25ClN4O/c1-3-8-17-14-18-9-12(16)13(19-14)20-15(10-21)6-4-11(2)5-7-15/h9,11,21H,3-8,10H2,1-2H3,(H2,17,18,19,20). The predicted octanol–water partition coefficient (Wildman–Crippen LogP) is 3.31. The van der Waals surface area contributed by atoms with Crippen LogP contribution >= 0.6 is 11.6 Å². The lowest BCUT2D eigenvalue weighted by Crippen LogP contribution is -2.45. The Hall–Kier alpha value is -1.07. The van der Waals surface area contributed by atoms with Crippen LogP contribution in [0, 0.1) is 5.92 Å². The zero-order chi connectivity index (χ0) is 15.3. The predicted molar refractivity (Wildman–Crippen MR) is 86.9 cm³/mol. The van der Waals surface area contributed by atoms with E-state index in [1.807, 2.05) is 0 Å². The van der Waals surface area contributed by atoms with E-state index in [1.165, 1.54) is 0 Å². The molecule has 21 heavy (non-hydrogen) atoms. The van der Waals surface area contributed by atoms with Gasteiger partial charge >= 0.3 is 0 Å². The van der Waals surface area contributed by atoms with E-state index in [4.69, 9.17) is 11.6 Å². The zero-order valence-corrected chi connectivity index (χ0v) is 13.6. The largest absolute Gasteiger partial charge is 0.394 e. The van der Waals surface area contributed by atoms with Gasteiger partial charge in [-0.25, -0.2) is 4.98 Å². The molecule has 1 heterocycles. The Morgan fingerprint density at radius 3 is 2.76 bits per heavy atom. The van der Waals surface area contributed by atoms with E-state index in [-0.39, 0.29) is 12.1 Å². The second-order valence-electron chi connectivity index (χ2n) is 6.06. The summed E-state index contributed by atoms with van der Waals surface area (Å²) in [7, 11) is 0. The molecule has 0 amide bonds.